The van der Waals surface area contributed by atoms with Crippen LogP contribution in [-0.2, 0) is 25.2 Å². The minimum atomic E-state index is -4.40. The van der Waals surface area contributed by atoms with Crippen LogP contribution in [0.4, 0.5) is 13.2 Å². The molecular formula is C17H18F3NO4. The quantitative estimate of drug-likeness (QED) is 0.628. The summed E-state index contributed by atoms with van der Waals surface area (Å²) in [6, 6.07) is 4.31. The third-order valence-corrected chi connectivity index (χ3v) is 3.55. The second kappa shape index (κ2) is 8.66. The highest BCUT2D eigenvalue weighted by molar-refractivity contribution is 5.89. The average Bonchev–Trinajstić information content (AvgIpc) is 3.09. The van der Waals surface area contributed by atoms with Gasteiger partial charge in [0.1, 0.15) is 0 Å². The van der Waals surface area contributed by atoms with Crippen molar-refractivity contribution in [1.29, 1.82) is 0 Å². The van der Waals surface area contributed by atoms with Gasteiger partial charge in [-0.15, -0.1) is 0 Å². The first-order valence-electron chi connectivity index (χ1n) is 7.75. The van der Waals surface area contributed by atoms with E-state index in [1.165, 1.54) is 18.2 Å². The first-order chi connectivity index (χ1) is 11.8. The molecule has 1 aromatic rings. The van der Waals surface area contributed by atoms with Gasteiger partial charge >= 0.3 is 12.1 Å². The minimum Gasteiger partial charge on any atom is -0.452 e. The van der Waals surface area contributed by atoms with Crippen molar-refractivity contribution in [3.05, 3.63) is 41.5 Å². The molecule has 0 unspecified atom stereocenters. The van der Waals surface area contributed by atoms with Crippen molar-refractivity contribution in [2.45, 2.75) is 25.1 Å². The summed E-state index contributed by atoms with van der Waals surface area (Å²) in [6.07, 6.45) is -0.194. The van der Waals surface area contributed by atoms with E-state index in [2.05, 4.69) is 5.32 Å². The minimum absolute atomic E-state index is 0.000725. The van der Waals surface area contributed by atoms with E-state index in [0.29, 0.717) is 18.7 Å². The molecule has 136 valence electrons. The highest BCUT2D eigenvalue weighted by atomic mass is 19.4. The number of ether oxygens (including phenoxy) is 2. The summed E-state index contributed by atoms with van der Waals surface area (Å²) in [5.74, 6) is -1.20. The summed E-state index contributed by atoms with van der Waals surface area (Å²) in [5.41, 5.74) is -0.358. The molecule has 0 spiro atoms. The molecule has 1 atom stereocenters. The Balaban J connectivity index is 1.71. The second-order valence-corrected chi connectivity index (χ2v) is 5.50. The van der Waals surface area contributed by atoms with Crippen LogP contribution in [0.2, 0.25) is 0 Å². The van der Waals surface area contributed by atoms with E-state index >= 15 is 0 Å². The molecule has 2 rings (SSSR count). The molecule has 8 heteroatoms. The molecule has 1 N–H and O–H groups in total. The van der Waals surface area contributed by atoms with Gasteiger partial charge in [-0.25, -0.2) is 4.79 Å². The van der Waals surface area contributed by atoms with E-state index < -0.39 is 30.2 Å². The average molecular weight is 357 g/mol. The number of carbonyl (C=O) groups excluding carboxylic acids is 2. The normalized spacial score (nSPS) is 17.6. The van der Waals surface area contributed by atoms with Gasteiger partial charge in [-0.05, 0) is 36.6 Å². The molecule has 1 aromatic carbocycles. The number of carbonyl (C=O) groups is 2. The van der Waals surface area contributed by atoms with Crippen LogP contribution in [0.1, 0.15) is 24.0 Å². The Morgan fingerprint density at radius 1 is 1.28 bits per heavy atom. The molecule has 1 fully saturated rings. The van der Waals surface area contributed by atoms with Crippen LogP contribution in [0.15, 0.2) is 30.3 Å². The van der Waals surface area contributed by atoms with Gasteiger partial charge < -0.3 is 14.8 Å². The fourth-order valence-corrected chi connectivity index (χ4v) is 2.22. The van der Waals surface area contributed by atoms with Gasteiger partial charge in [0.05, 0.1) is 11.7 Å². The van der Waals surface area contributed by atoms with E-state index in [0.717, 1.165) is 31.1 Å². The third kappa shape index (κ3) is 6.58. The Hall–Kier alpha value is -2.35. The summed E-state index contributed by atoms with van der Waals surface area (Å²) in [4.78, 5) is 23.0. The predicted molar refractivity (Wildman–Crippen MR) is 83.4 cm³/mol. The summed E-state index contributed by atoms with van der Waals surface area (Å²) in [7, 11) is 0. The highest BCUT2D eigenvalue weighted by Crippen LogP contribution is 2.29. The van der Waals surface area contributed by atoms with Gasteiger partial charge in [0.2, 0.25) is 0 Å². The van der Waals surface area contributed by atoms with Crippen LogP contribution in [0.3, 0.4) is 0 Å². The predicted octanol–water partition coefficient (Wildman–Crippen LogP) is 2.56. The molecule has 0 radical (unpaired) electrons. The van der Waals surface area contributed by atoms with Crippen molar-refractivity contribution in [3.8, 4) is 0 Å². The Kier molecular flexibility index (Phi) is 6.58. The van der Waals surface area contributed by atoms with E-state index in [9.17, 15) is 22.8 Å². The van der Waals surface area contributed by atoms with Crippen LogP contribution < -0.4 is 5.32 Å². The number of esters is 1. The number of halogens is 3. The van der Waals surface area contributed by atoms with Crippen molar-refractivity contribution in [2.24, 2.45) is 0 Å². The monoisotopic (exact) mass is 357 g/mol. The molecule has 0 aromatic heterocycles. The zero-order valence-electron chi connectivity index (χ0n) is 13.3. The lowest BCUT2D eigenvalue weighted by Crippen LogP contribution is -2.34. The summed E-state index contributed by atoms with van der Waals surface area (Å²) in [5, 5.41) is 2.60. The summed E-state index contributed by atoms with van der Waals surface area (Å²) < 4.78 is 47.4. The summed E-state index contributed by atoms with van der Waals surface area (Å²) in [6.45, 7) is 0.630. The fraction of sp³-hybridized carbons (Fsp3) is 0.412. The number of alkyl halides is 3. The highest BCUT2D eigenvalue weighted by Gasteiger charge is 2.29. The Labute approximate surface area is 142 Å². The largest absolute Gasteiger partial charge is 0.452 e. The standard InChI is InChI=1S/C17H18F3NO4/c18-17(19,20)13-6-3-12(4-7-13)5-8-16(23)25-11-15(22)21-10-14-2-1-9-24-14/h3-8,14H,1-2,9-11H2,(H,21,22)/b8-5+/t14-/m0/s1. The maximum Gasteiger partial charge on any atom is 0.416 e. The third-order valence-electron chi connectivity index (χ3n) is 3.55. The molecule has 0 aliphatic carbocycles. The molecule has 1 amide bonds. The second-order valence-electron chi connectivity index (χ2n) is 5.50. The Morgan fingerprint density at radius 2 is 2.00 bits per heavy atom. The lowest BCUT2D eigenvalue weighted by molar-refractivity contribution is -0.143. The van der Waals surface area contributed by atoms with Gasteiger partial charge in [0, 0.05) is 19.2 Å². The van der Waals surface area contributed by atoms with E-state index in [-0.39, 0.29) is 6.10 Å². The Bertz CT molecular complexity index is 620. The van der Waals surface area contributed by atoms with Crippen molar-refractivity contribution in [2.75, 3.05) is 19.8 Å². The van der Waals surface area contributed by atoms with E-state index in [1.54, 1.807) is 0 Å². The van der Waals surface area contributed by atoms with E-state index in [1.807, 2.05) is 0 Å². The van der Waals surface area contributed by atoms with Crippen LogP contribution in [-0.4, -0.2) is 37.7 Å². The lowest BCUT2D eigenvalue weighted by Gasteiger charge is -2.10. The molecule has 1 aliphatic heterocycles. The molecule has 0 saturated carbocycles. The van der Waals surface area contributed by atoms with Gasteiger partial charge in [-0.3, -0.25) is 4.79 Å². The van der Waals surface area contributed by atoms with Gasteiger partial charge in [-0.2, -0.15) is 13.2 Å². The molecule has 5 nitrogen and oxygen atoms in total. The smallest absolute Gasteiger partial charge is 0.416 e. The first-order valence-corrected chi connectivity index (χ1v) is 7.75. The van der Waals surface area contributed by atoms with Crippen molar-refractivity contribution in [1.82, 2.24) is 5.32 Å². The maximum atomic E-state index is 12.4. The fourth-order valence-electron chi connectivity index (χ4n) is 2.22. The Morgan fingerprint density at radius 3 is 2.60 bits per heavy atom. The first kappa shape index (κ1) is 19.0. The number of hydrogen-bond acceptors (Lipinski definition) is 4. The van der Waals surface area contributed by atoms with Gasteiger partial charge in [0.15, 0.2) is 6.61 Å². The maximum absolute atomic E-state index is 12.4. The van der Waals surface area contributed by atoms with Crippen molar-refractivity contribution >= 4 is 18.0 Å². The SMILES string of the molecule is O=C(COC(=O)/C=C/c1ccc(C(F)(F)F)cc1)NC[C@@H]1CCCO1. The van der Waals surface area contributed by atoms with Gasteiger partial charge in [-0.1, -0.05) is 12.1 Å². The molecule has 1 saturated heterocycles. The lowest BCUT2D eigenvalue weighted by atomic mass is 10.1. The molecule has 0 bridgehead atoms. The van der Waals surface area contributed by atoms with Crippen LogP contribution in [0, 0.1) is 0 Å². The van der Waals surface area contributed by atoms with Crippen LogP contribution in [0.25, 0.3) is 6.08 Å². The summed E-state index contributed by atoms with van der Waals surface area (Å²) >= 11 is 0. The van der Waals surface area contributed by atoms with Crippen molar-refractivity contribution in [3.63, 3.8) is 0 Å². The van der Waals surface area contributed by atoms with Gasteiger partial charge in [0.25, 0.3) is 5.91 Å². The topological polar surface area (TPSA) is 64.6 Å². The number of rotatable bonds is 6. The number of amides is 1. The number of hydrogen-bond donors (Lipinski definition) is 1. The number of nitrogens with one attached hydrogen (secondary N) is 1. The van der Waals surface area contributed by atoms with Crippen LogP contribution in [0.5, 0.6) is 0 Å². The van der Waals surface area contributed by atoms with Crippen LogP contribution >= 0.6 is 0 Å². The zero-order chi connectivity index (χ0) is 18.3. The molecule has 1 heterocycles. The molecular weight excluding hydrogens is 339 g/mol. The van der Waals surface area contributed by atoms with Crippen molar-refractivity contribution < 1.29 is 32.2 Å². The zero-order valence-corrected chi connectivity index (χ0v) is 13.3. The molecule has 25 heavy (non-hydrogen) atoms. The van der Waals surface area contributed by atoms with E-state index in [4.69, 9.17) is 9.47 Å². The molecule has 1 aliphatic rings. The number of benzene rings is 1.